The molecule has 0 aliphatic carbocycles. The topological polar surface area (TPSA) is 61.2 Å². The van der Waals surface area contributed by atoms with Gasteiger partial charge in [0.1, 0.15) is 5.75 Å². The largest absolute Gasteiger partial charge is 0.494 e. The summed E-state index contributed by atoms with van der Waals surface area (Å²) in [5.41, 5.74) is 2.25. The van der Waals surface area contributed by atoms with Crippen LogP contribution in [0.2, 0.25) is 0 Å². The SMILES string of the molecule is CCOc1ccc(C(C)=O)cc1CSc1nc2ccccc2c(=O)n1CC(C)C. The maximum absolute atomic E-state index is 13.0. The molecule has 5 nitrogen and oxygen atoms in total. The van der Waals surface area contributed by atoms with E-state index in [9.17, 15) is 9.59 Å². The lowest BCUT2D eigenvalue weighted by molar-refractivity contribution is 0.101. The summed E-state index contributed by atoms with van der Waals surface area (Å²) in [6.07, 6.45) is 0. The van der Waals surface area contributed by atoms with E-state index in [-0.39, 0.29) is 11.3 Å². The monoisotopic (exact) mass is 410 g/mol. The Balaban J connectivity index is 2.01. The summed E-state index contributed by atoms with van der Waals surface area (Å²) in [6.45, 7) is 8.80. The molecule has 0 unspecified atom stereocenters. The van der Waals surface area contributed by atoms with Crippen LogP contribution in [0.5, 0.6) is 5.75 Å². The summed E-state index contributed by atoms with van der Waals surface area (Å²) in [5.74, 6) is 1.64. The molecule has 2 aromatic carbocycles. The van der Waals surface area contributed by atoms with Crippen LogP contribution in [0.4, 0.5) is 0 Å². The Hall–Kier alpha value is -2.60. The smallest absolute Gasteiger partial charge is 0.262 e. The van der Waals surface area contributed by atoms with E-state index in [4.69, 9.17) is 9.72 Å². The van der Waals surface area contributed by atoms with E-state index < -0.39 is 0 Å². The molecule has 0 N–H and O–H groups in total. The number of nitrogens with zero attached hydrogens (tertiary/aromatic N) is 2. The minimum atomic E-state index is -0.0191. The minimum Gasteiger partial charge on any atom is -0.494 e. The molecule has 3 aromatic rings. The number of aromatic nitrogens is 2. The van der Waals surface area contributed by atoms with Crippen molar-refractivity contribution in [2.75, 3.05) is 6.61 Å². The molecular weight excluding hydrogens is 384 g/mol. The first kappa shape index (κ1) is 21.1. The van der Waals surface area contributed by atoms with Gasteiger partial charge in [0.05, 0.1) is 17.5 Å². The van der Waals surface area contributed by atoms with Gasteiger partial charge in [0.2, 0.25) is 0 Å². The number of para-hydroxylation sites is 1. The first-order valence-corrected chi connectivity index (χ1v) is 10.8. The van der Waals surface area contributed by atoms with Gasteiger partial charge in [0.25, 0.3) is 5.56 Å². The molecule has 152 valence electrons. The second-order valence-electron chi connectivity index (χ2n) is 7.32. The molecule has 0 amide bonds. The number of hydrogen-bond donors (Lipinski definition) is 0. The fourth-order valence-corrected chi connectivity index (χ4v) is 4.12. The molecule has 0 atom stereocenters. The first-order valence-electron chi connectivity index (χ1n) is 9.79. The predicted octanol–water partition coefficient (Wildman–Crippen LogP) is 4.95. The Morgan fingerprint density at radius 1 is 1.21 bits per heavy atom. The van der Waals surface area contributed by atoms with E-state index in [0.29, 0.717) is 46.4 Å². The highest BCUT2D eigenvalue weighted by atomic mass is 32.2. The molecule has 6 heteroatoms. The van der Waals surface area contributed by atoms with Crippen molar-refractivity contribution in [1.82, 2.24) is 9.55 Å². The standard InChI is InChI=1S/C23H26N2O3S/c1-5-28-21-11-10-17(16(4)26)12-18(21)14-29-23-24-20-9-7-6-8-19(20)22(27)25(23)13-15(2)3/h6-12,15H,5,13-14H2,1-4H3. The maximum Gasteiger partial charge on any atom is 0.262 e. The molecule has 1 aromatic heterocycles. The average Bonchev–Trinajstić information content (AvgIpc) is 2.69. The molecule has 0 saturated carbocycles. The minimum absolute atomic E-state index is 0.0137. The quantitative estimate of drug-likeness (QED) is 0.299. The molecule has 0 aliphatic rings. The number of ether oxygens (including phenoxy) is 1. The molecule has 0 bridgehead atoms. The maximum atomic E-state index is 13.0. The van der Waals surface area contributed by atoms with Crippen molar-refractivity contribution in [2.45, 2.75) is 45.1 Å². The number of carbonyl (C=O) groups excluding carboxylic acids is 1. The van der Waals surface area contributed by atoms with E-state index in [1.54, 1.807) is 17.6 Å². The van der Waals surface area contributed by atoms with Gasteiger partial charge in [-0.1, -0.05) is 37.7 Å². The van der Waals surface area contributed by atoms with Crippen LogP contribution in [0.3, 0.4) is 0 Å². The van der Waals surface area contributed by atoms with E-state index in [1.165, 1.54) is 11.8 Å². The number of Topliss-reactive ketones (excluding diaryl/α,β-unsaturated/α-hetero) is 1. The van der Waals surface area contributed by atoms with Crippen LogP contribution in [-0.4, -0.2) is 21.9 Å². The number of benzene rings is 2. The third-order valence-corrected chi connectivity index (χ3v) is 5.52. The second kappa shape index (κ2) is 9.27. The molecule has 0 spiro atoms. The van der Waals surface area contributed by atoms with Crippen LogP contribution in [0.15, 0.2) is 52.4 Å². The van der Waals surface area contributed by atoms with Crippen molar-refractivity contribution in [2.24, 2.45) is 5.92 Å². The Bertz CT molecular complexity index is 1090. The normalized spacial score (nSPS) is 11.2. The summed E-state index contributed by atoms with van der Waals surface area (Å²) in [4.78, 5) is 29.6. The molecule has 0 saturated heterocycles. The highest BCUT2D eigenvalue weighted by molar-refractivity contribution is 7.98. The number of carbonyl (C=O) groups is 1. The van der Waals surface area contributed by atoms with Crippen LogP contribution in [0.1, 0.15) is 43.6 Å². The Labute approximate surface area is 175 Å². The van der Waals surface area contributed by atoms with Gasteiger partial charge in [0.15, 0.2) is 10.9 Å². The number of ketones is 1. The fourth-order valence-electron chi connectivity index (χ4n) is 3.13. The second-order valence-corrected chi connectivity index (χ2v) is 8.26. The van der Waals surface area contributed by atoms with Gasteiger partial charge < -0.3 is 4.74 Å². The van der Waals surface area contributed by atoms with Crippen LogP contribution in [-0.2, 0) is 12.3 Å². The zero-order valence-corrected chi connectivity index (χ0v) is 18.1. The van der Waals surface area contributed by atoms with Gasteiger partial charge in [-0.05, 0) is 50.1 Å². The Morgan fingerprint density at radius 2 is 1.97 bits per heavy atom. The fraction of sp³-hybridized carbons (Fsp3) is 0.348. The molecule has 0 fully saturated rings. The summed E-state index contributed by atoms with van der Waals surface area (Å²) in [5, 5.41) is 1.31. The van der Waals surface area contributed by atoms with Gasteiger partial charge in [-0.15, -0.1) is 0 Å². The summed E-state index contributed by atoms with van der Waals surface area (Å²) < 4.78 is 7.49. The van der Waals surface area contributed by atoms with Crippen LogP contribution in [0, 0.1) is 5.92 Å². The van der Waals surface area contributed by atoms with Crippen molar-refractivity contribution in [1.29, 1.82) is 0 Å². The highest BCUT2D eigenvalue weighted by Gasteiger charge is 2.15. The average molecular weight is 411 g/mol. The van der Waals surface area contributed by atoms with E-state index in [0.717, 1.165) is 11.3 Å². The third-order valence-electron chi connectivity index (χ3n) is 4.50. The molecule has 29 heavy (non-hydrogen) atoms. The number of thioether (sulfide) groups is 1. The Kier molecular flexibility index (Phi) is 6.75. The zero-order chi connectivity index (χ0) is 21.0. The van der Waals surface area contributed by atoms with Crippen molar-refractivity contribution < 1.29 is 9.53 Å². The van der Waals surface area contributed by atoms with E-state index in [1.807, 2.05) is 43.3 Å². The van der Waals surface area contributed by atoms with Crippen molar-refractivity contribution in [3.05, 3.63) is 63.9 Å². The van der Waals surface area contributed by atoms with Crippen molar-refractivity contribution >= 4 is 28.4 Å². The Morgan fingerprint density at radius 3 is 2.66 bits per heavy atom. The summed E-state index contributed by atoms with van der Waals surface area (Å²) in [6, 6.07) is 12.9. The predicted molar refractivity (Wildman–Crippen MR) is 118 cm³/mol. The van der Waals surface area contributed by atoms with E-state index in [2.05, 4.69) is 13.8 Å². The summed E-state index contributed by atoms with van der Waals surface area (Å²) >= 11 is 1.49. The van der Waals surface area contributed by atoms with E-state index >= 15 is 0 Å². The van der Waals surface area contributed by atoms with Crippen LogP contribution < -0.4 is 10.3 Å². The van der Waals surface area contributed by atoms with Gasteiger partial charge in [0, 0.05) is 23.4 Å². The van der Waals surface area contributed by atoms with Crippen LogP contribution in [0.25, 0.3) is 10.9 Å². The lowest BCUT2D eigenvalue weighted by Crippen LogP contribution is -2.25. The molecule has 1 heterocycles. The third kappa shape index (κ3) is 4.88. The summed E-state index contributed by atoms with van der Waals surface area (Å²) in [7, 11) is 0. The van der Waals surface area contributed by atoms with Crippen LogP contribution >= 0.6 is 11.8 Å². The first-order chi connectivity index (χ1) is 13.9. The van der Waals surface area contributed by atoms with Crippen molar-refractivity contribution in [3.63, 3.8) is 0 Å². The molecular formula is C23H26N2O3S. The molecule has 0 radical (unpaired) electrons. The number of fused-ring (bicyclic) bond motifs is 1. The highest BCUT2D eigenvalue weighted by Crippen LogP contribution is 2.29. The molecule has 0 aliphatic heterocycles. The van der Waals surface area contributed by atoms with Gasteiger partial charge >= 0.3 is 0 Å². The number of hydrogen-bond acceptors (Lipinski definition) is 5. The lowest BCUT2D eigenvalue weighted by atomic mass is 10.1. The lowest BCUT2D eigenvalue weighted by Gasteiger charge is -2.16. The molecule has 3 rings (SSSR count). The van der Waals surface area contributed by atoms with Gasteiger partial charge in [-0.25, -0.2) is 4.98 Å². The number of rotatable bonds is 8. The zero-order valence-electron chi connectivity index (χ0n) is 17.3. The van der Waals surface area contributed by atoms with Gasteiger partial charge in [-0.3, -0.25) is 14.2 Å². The van der Waals surface area contributed by atoms with Gasteiger partial charge in [-0.2, -0.15) is 0 Å². The van der Waals surface area contributed by atoms with Crippen molar-refractivity contribution in [3.8, 4) is 5.75 Å².